The Morgan fingerprint density at radius 2 is 1.87 bits per heavy atom. The normalized spacial score (nSPS) is 15.8. The summed E-state index contributed by atoms with van der Waals surface area (Å²) in [5.41, 5.74) is 3.68. The van der Waals surface area contributed by atoms with E-state index in [1.54, 1.807) is 25.1 Å². The van der Waals surface area contributed by atoms with E-state index in [1.807, 2.05) is 0 Å². The predicted octanol–water partition coefficient (Wildman–Crippen LogP) is 3.76. The molecule has 1 N–H and O–H groups in total. The minimum atomic E-state index is -4.00. The lowest BCUT2D eigenvalue weighted by atomic mass is 10.1. The molecule has 1 fully saturated rings. The van der Waals surface area contributed by atoms with Crippen LogP contribution in [0.15, 0.2) is 46.4 Å². The number of nitrogens with one attached hydrogen (secondary N) is 1. The molecule has 0 saturated carbocycles. The first-order valence-electron chi connectivity index (χ1n) is 8.82. The summed E-state index contributed by atoms with van der Waals surface area (Å²) in [6, 6.07) is 8.53. The van der Waals surface area contributed by atoms with Crippen molar-refractivity contribution in [1.29, 1.82) is 0 Å². The summed E-state index contributed by atoms with van der Waals surface area (Å²) in [5, 5.41) is 16.2. The van der Waals surface area contributed by atoms with Crippen LogP contribution < -0.4 is 5.43 Å². The Hall–Kier alpha value is -2.24. The maximum atomic E-state index is 13.1. The number of sulfonamides is 1. The zero-order valence-electron chi connectivity index (χ0n) is 15.8. The van der Waals surface area contributed by atoms with E-state index in [2.05, 4.69) is 10.5 Å². The summed E-state index contributed by atoms with van der Waals surface area (Å²) in [6.07, 6.45) is 0. The summed E-state index contributed by atoms with van der Waals surface area (Å²) in [5.74, 6) is 0. The minimum absolute atomic E-state index is 0.117. The van der Waals surface area contributed by atoms with E-state index in [1.165, 1.54) is 16.4 Å². The monoisotopic (exact) mass is 472 g/mol. The van der Waals surface area contributed by atoms with Crippen LogP contribution in [-0.4, -0.2) is 49.7 Å². The van der Waals surface area contributed by atoms with Crippen molar-refractivity contribution < 1.29 is 18.1 Å². The lowest BCUT2D eigenvalue weighted by Crippen LogP contribution is -2.40. The average molecular weight is 473 g/mol. The van der Waals surface area contributed by atoms with Gasteiger partial charge < -0.3 is 4.74 Å². The zero-order chi connectivity index (χ0) is 21.9. The predicted molar refractivity (Wildman–Crippen MR) is 115 cm³/mol. The van der Waals surface area contributed by atoms with Crippen molar-refractivity contribution in [2.24, 2.45) is 5.10 Å². The molecular formula is C18H18Cl2N4O5S. The number of nitrogens with zero attached hydrogens (tertiary/aromatic N) is 3. The van der Waals surface area contributed by atoms with Gasteiger partial charge in [-0.25, -0.2) is 8.42 Å². The maximum absolute atomic E-state index is 13.1. The van der Waals surface area contributed by atoms with Gasteiger partial charge in [-0.05, 0) is 30.7 Å². The number of non-ortho nitro benzene ring substituents is 1. The number of nitro benzene ring substituents is 1. The number of rotatable bonds is 6. The average Bonchev–Trinajstić information content (AvgIpc) is 2.74. The summed E-state index contributed by atoms with van der Waals surface area (Å²) < 4.78 is 32.6. The van der Waals surface area contributed by atoms with Crippen LogP contribution in [0.2, 0.25) is 10.0 Å². The molecule has 2 aromatic carbocycles. The molecule has 1 saturated heterocycles. The third-order valence-electron chi connectivity index (χ3n) is 4.45. The van der Waals surface area contributed by atoms with E-state index >= 15 is 0 Å². The summed E-state index contributed by atoms with van der Waals surface area (Å²) in [4.78, 5) is 10.3. The Balaban J connectivity index is 1.97. The molecule has 0 spiro atoms. The third kappa shape index (κ3) is 4.90. The Bertz CT molecular complexity index is 1100. The van der Waals surface area contributed by atoms with Crippen molar-refractivity contribution >= 4 is 50.3 Å². The molecule has 0 aromatic heterocycles. The molecule has 0 bridgehead atoms. The van der Waals surface area contributed by atoms with Crippen LogP contribution in [0.25, 0.3) is 0 Å². The van der Waals surface area contributed by atoms with E-state index in [0.29, 0.717) is 21.3 Å². The number of morpholine rings is 1. The van der Waals surface area contributed by atoms with Crippen molar-refractivity contribution in [2.45, 2.75) is 11.8 Å². The fourth-order valence-corrected chi connectivity index (χ4v) is 4.65. The Morgan fingerprint density at radius 1 is 1.17 bits per heavy atom. The highest BCUT2D eigenvalue weighted by molar-refractivity contribution is 7.89. The number of benzene rings is 2. The number of hydrazone groups is 1. The third-order valence-corrected chi connectivity index (χ3v) is 7.12. The summed E-state index contributed by atoms with van der Waals surface area (Å²) >= 11 is 11.9. The van der Waals surface area contributed by atoms with Gasteiger partial charge in [-0.3, -0.25) is 15.5 Å². The number of nitro groups is 1. The first-order valence-corrected chi connectivity index (χ1v) is 11.0. The van der Waals surface area contributed by atoms with E-state index in [4.69, 9.17) is 27.9 Å². The second kappa shape index (κ2) is 9.27. The molecule has 1 aliphatic rings. The van der Waals surface area contributed by atoms with Crippen LogP contribution in [0, 0.1) is 10.1 Å². The summed E-state index contributed by atoms with van der Waals surface area (Å²) in [6.45, 7) is 2.54. The highest BCUT2D eigenvalue weighted by Gasteiger charge is 2.30. The number of halogens is 2. The quantitative estimate of drug-likeness (QED) is 0.388. The largest absolute Gasteiger partial charge is 0.379 e. The van der Waals surface area contributed by atoms with Crippen molar-refractivity contribution in [3.8, 4) is 0 Å². The lowest BCUT2D eigenvalue weighted by molar-refractivity contribution is -0.385. The number of anilines is 1. The molecule has 9 nitrogen and oxygen atoms in total. The number of ether oxygens (including phenoxy) is 1. The van der Waals surface area contributed by atoms with Gasteiger partial charge in [-0.1, -0.05) is 29.3 Å². The second-order valence-electron chi connectivity index (χ2n) is 6.39. The molecule has 1 heterocycles. The molecular weight excluding hydrogens is 455 g/mol. The number of hydrogen-bond donors (Lipinski definition) is 1. The summed E-state index contributed by atoms with van der Waals surface area (Å²) in [7, 11) is -4.00. The highest BCUT2D eigenvalue weighted by atomic mass is 35.5. The van der Waals surface area contributed by atoms with Gasteiger partial charge in [0.05, 0.1) is 39.6 Å². The van der Waals surface area contributed by atoms with Crippen molar-refractivity contribution in [2.75, 3.05) is 31.7 Å². The van der Waals surface area contributed by atoms with Crippen molar-refractivity contribution in [1.82, 2.24) is 4.31 Å². The van der Waals surface area contributed by atoms with E-state index in [9.17, 15) is 18.5 Å². The van der Waals surface area contributed by atoms with Gasteiger partial charge in [-0.2, -0.15) is 9.41 Å². The van der Waals surface area contributed by atoms with Crippen LogP contribution in [0.5, 0.6) is 0 Å². The molecule has 30 heavy (non-hydrogen) atoms. The van der Waals surface area contributed by atoms with Gasteiger partial charge in [0.25, 0.3) is 5.69 Å². The standard InChI is InChI=1S/C18H18Cl2N4O5S/c1-12(13-2-4-15(19)16(20)10-13)21-22-17-5-3-14(24(25)26)11-18(17)30(27,28)23-6-8-29-9-7-23/h2-5,10-11,22H,6-9H2,1H3/b21-12+. The van der Waals surface area contributed by atoms with Gasteiger partial charge >= 0.3 is 0 Å². The lowest BCUT2D eigenvalue weighted by Gasteiger charge is -2.26. The van der Waals surface area contributed by atoms with E-state index < -0.39 is 14.9 Å². The topological polar surface area (TPSA) is 114 Å². The van der Waals surface area contributed by atoms with Crippen LogP contribution in [0.4, 0.5) is 11.4 Å². The molecule has 2 aromatic rings. The second-order valence-corrected chi connectivity index (χ2v) is 9.11. The maximum Gasteiger partial charge on any atom is 0.270 e. The van der Waals surface area contributed by atoms with Crippen LogP contribution in [0.1, 0.15) is 12.5 Å². The van der Waals surface area contributed by atoms with Crippen LogP contribution in [-0.2, 0) is 14.8 Å². The smallest absolute Gasteiger partial charge is 0.270 e. The Kier molecular flexibility index (Phi) is 6.94. The molecule has 0 atom stereocenters. The van der Waals surface area contributed by atoms with E-state index in [0.717, 1.165) is 6.07 Å². The Labute approximate surface area is 183 Å². The molecule has 3 rings (SSSR count). The SMILES string of the molecule is C/C(=N\Nc1ccc([N+](=O)[O-])cc1S(=O)(=O)N1CCOCC1)c1ccc(Cl)c(Cl)c1. The zero-order valence-corrected chi connectivity index (χ0v) is 18.2. The van der Waals surface area contributed by atoms with Gasteiger partial charge in [0.2, 0.25) is 10.0 Å². The molecule has 0 aliphatic carbocycles. The fourth-order valence-electron chi connectivity index (χ4n) is 2.79. The van der Waals surface area contributed by atoms with Crippen molar-refractivity contribution in [3.05, 3.63) is 62.1 Å². The van der Waals surface area contributed by atoms with E-state index in [-0.39, 0.29) is 42.6 Å². The van der Waals surface area contributed by atoms with Crippen molar-refractivity contribution in [3.63, 3.8) is 0 Å². The molecule has 0 radical (unpaired) electrons. The molecule has 12 heteroatoms. The van der Waals surface area contributed by atoms with Crippen LogP contribution in [0.3, 0.4) is 0 Å². The van der Waals surface area contributed by atoms with Gasteiger partial charge in [0, 0.05) is 25.2 Å². The molecule has 1 aliphatic heterocycles. The number of hydrogen-bond acceptors (Lipinski definition) is 7. The minimum Gasteiger partial charge on any atom is -0.379 e. The van der Waals surface area contributed by atoms with Gasteiger partial charge in [-0.15, -0.1) is 0 Å². The van der Waals surface area contributed by atoms with Gasteiger partial charge in [0.15, 0.2) is 0 Å². The molecule has 0 unspecified atom stereocenters. The first kappa shape index (κ1) is 22.4. The van der Waals surface area contributed by atoms with Gasteiger partial charge in [0.1, 0.15) is 4.90 Å². The highest BCUT2D eigenvalue weighted by Crippen LogP contribution is 2.30. The Morgan fingerprint density at radius 3 is 2.50 bits per heavy atom. The molecule has 160 valence electrons. The fraction of sp³-hybridized carbons (Fsp3) is 0.278. The first-order chi connectivity index (χ1) is 14.2. The molecule has 0 amide bonds. The van der Waals surface area contributed by atoms with Crippen LogP contribution >= 0.6 is 23.2 Å².